The van der Waals surface area contributed by atoms with Crippen LogP contribution < -0.4 is 5.01 Å². The Morgan fingerprint density at radius 1 is 1.21 bits per heavy atom. The van der Waals surface area contributed by atoms with Crippen molar-refractivity contribution in [3.05, 3.63) is 41.0 Å². The average molecular weight is 395 g/mol. The summed E-state index contributed by atoms with van der Waals surface area (Å²) in [6.45, 7) is 12.8. The highest BCUT2D eigenvalue weighted by Gasteiger charge is 2.34. The molecule has 1 aromatic rings. The molecule has 0 bridgehead atoms. The molecule has 3 rings (SSSR count). The SMILES string of the molecule is C=NN(/C(=N\C)C(C1=CC[C@@H](CC)CC1)N1CCCCC1)c1c(C)cccc1C. The lowest BCUT2D eigenvalue weighted by atomic mass is 9.84. The first-order chi connectivity index (χ1) is 14.1. The number of aryl methyl sites for hydroxylation is 2. The van der Waals surface area contributed by atoms with Gasteiger partial charge in [-0.1, -0.05) is 44.0 Å². The maximum atomic E-state index is 4.83. The second-order valence-electron chi connectivity index (χ2n) is 8.60. The Balaban J connectivity index is 2.02. The van der Waals surface area contributed by atoms with E-state index in [2.05, 4.69) is 61.8 Å². The van der Waals surface area contributed by atoms with Crippen LogP contribution in [-0.4, -0.2) is 43.6 Å². The lowest BCUT2D eigenvalue weighted by Gasteiger charge is -2.40. The van der Waals surface area contributed by atoms with Gasteiger partial charge in [-0.3, -0.25) is 9.89 Å². The van der Waals surface area contributed by atoms with Gasteiger partial charge in [-0.05, 0) is 81.7 Å². The summed E-state index contributed by atoms with van der Waals surface area (Å²) in [5, 5.41) is 6.50. The fraction of sp³-hybridized carbons (Fsp3) is 0.600. The van der Waals surface area contributed by atoms with E-state index in [4.69, 9.17) is 4.99 Å². The molecule has 1 aliphatic heterocycles. The molecule has 1 unspecified atom stereocenters. The van der Waals surface area contributed by atoms with Crippen LogP contribution >= 0.6 is 0 Å². The first-order valence-electron chi connectivity index (χ1n) is 11.3. The van der Waals surface area contributed by atoms with Crippen LogP contribution in [-0.2, 0) is 0 Å². The van der Waals surface area contributed by atoms with E-state index in [0.717, 1.165) is 37.0 Å². The Kier molecular flexibility index (Phi) is 7.65. The number of aliphatic imine (C=N–C) groups is 1. The minimum Gasteiger partial charge on any atom is -0.290 e. The Morgan fingerprint density at radius 3 is 2.41 bits per heavy atom. The summed E-state index contributed by atoms with van der Waals surface area (Å²) in [7, 11) is 1.91. The van der Waals surface area contributed by atoms with Gasteiger partial charge in [0.15, 0.2) is 0 Å². The van der Waals surface area contributed by atoms with Gasteiger partial charge in [0, 0.05) is 13.8 Å². The largest absolute Gasteiger partial charge is 0.290 e. The van der Waals surface area contributed by atoms with Crippen LogP contribution in [0.2, 0.25) is 0 Å². The van der Waals surface area contributed by atoms with Gasteiger partial charge in [0.2, 0.25) is 0 Å². The molecule has 29 heavy (non-hydrogen) atoms. The van der Waals surface area contributed by atoms with Crippen molar-refractivity contribution in [2.45, 2.75) is 71.8 Å². The van der Waals surface area contributed by atoms with Crippen molar-refractivity contribution in [2.24, 2.45) is 16.0 Å². The number of nitrogens with zero attached hydrogens (tertiary/aromatic N) is 4. The normalized spacial score (nSPS) is 22.1. The average Bonchev–Trinajstić information content (AvgIpc) is 2.76. The first kappa shape index (κ1) is 21.8. The van der Waals surface area contributed by atoms with E-state index in [9.17, 15) is 0 Å². The summed E-state index contributed by atoms with van der Waals surface area (Å²) < 4.78 is 0. The van der Waals surface area contributed by atoms with Gasteiger partial charge < -0.3 is 0 Å². The first-order valence-corrected chi connectivity index (χ1v) is 11.3. The molecule has 0 spiro atoms. The molecule has 1 aliphatic carbocycles. The van der Waals surface area contributed by atoms with Gasteiger partial charge in [0.1, 0.15) is 5.84 Å². The molecule has 0 aromatic heterocycles. The Morgan fingerprint density at radius 2 is 1.90 bits per heavy atom. The topological polar surface area (TPSA) is 31.2 Å². The van der Waals surface area contributed by atoms with Crippen molar-refractivity contribution in [1.29, 1.82) is 0 Å². The van der Waals surface area contributed by atoms with Gasteiger partial charge in [0.25, 0.3) is 0 Å². The van der Waals surface area contributed by atoms with Crippen LogP contribution in [0.4, 0.5) is 5.69 Å². The van der Waals surface area contributed by atoms with Crippen LogP contribution in [0, 0.1) is 19.8 Å². The molecule has 4 heteroatoms. The molecule has 2 aliphatic rings. The summed E-state index contributed by atoms with van der Waals surface area (Å²) >= 11 is 0. The molecule has 0 saturated carbocycles. The molecular weight excluding hydrogens is 356 g/mol. The Hall–Kier alpha value is -1.94. The highest BCUT2D eigenvalue weighted by atomic mass is 15.5. The zero-order valence-electron chi connectivity index (χ0n) is 18.8. The third-order valence-corrected chi connectivity index (χ3v) is 6.72. The van der Waals surface area contributed by atoms with E-state index < -0.39 is 0 Å². The van der Waals surface area contributed by atoms with Gasteiger partial charge >= 0.3 is 0 Å². The Labute approximate surface area is 177 Å². The quantitative estimate of drug-likeness (QED) is 0.266. The predicted molar refractivity (Wildman–Crippen MR) is 126 cm³/mol. The molecule has 1 heterocycles. The fourth-order valence-corrected chi connectivity index (χ4v) is 5.00. The Bertz CT molecular complexity index is 738. The number of hydrazone groups is 1. The number of allylic oxidation sites excluding steroid dienone is 1. The van der Waals surface area contributed by atoms with E-state index in [0.29, 0.717) is 0 Å². The van der Waals surface area contributed by atoms with Crippen molar-refractivity contribution in [1.82, 2.24) is 4.90 Å². The summed E-state index contributed by atoms with van der Waals surface area (Å²) in [6, 6.07) is 6.60. The van der Waals surface area contributed by atoms with Gasteiger partial charge in [-0.2, -0.15) is 5.10 Å². The lowest BCUT2D eigenvalue weighted by Crippen LogP contribution is -2.51. The van der Waals surface area contributed by atoms with Crippen molar-refractivity contribution < 1.29 is 0 Å². The van der Waals surface area contributed by atoms with Gasteiger partial charge in [0.05, 0.1) is 11.7 Å². The maximum absolute atomic E-state index is 4.83. The van der Waals surface area contributed by atoms with Crippen LogP contribution in [0.5, 0.6) is 0 Å². The van der Waals surface area contributed by atoms with Crippen molar-refractivity contribution in [2.75, 3.05) is 25.1 Å². The second kappa shape index (κ2) is 10.2. The number of benzene rings is 1. The molecule has 2 atom stereocenters. The zero-order valence-corrected chi connectivity index (χ0v) is 18.8. The molecule has 158 valence electrons. The monoisotopic (exact) mass is 394 g/mol. The molecule has 0 radical (unpaired) electrons. The molecular formula is C25H38N4. The zero-order chi connectivity index (χ0) is 20.8. The summed E-state index contributed by atoms with van der Waals surface area (Å²) in [6.07, 6.45) is 11.3. The minimum atomic E-state index is 0.197. The third-order valence-electron chi connectivity index (χ3n) is 6.72. The van der Waals surface area contributed by atoms with Crippen molar-refractivity contribution in [3.63, 3.8) is 0 Å². The minimum absolute atomic E-state index is 0.197. The molecule has 0 amide bonds. The molecule has 1 fully saturated rings. The number of likely N-dealkylation sites (tertiary alicyclic amines) is 1. The van der Waals surface area contributed by atoms with Crippen LogP contribution in [0.15, 0.2) is 39.9 Å². The number of rotatable bonds is 6. The number of para-hydroxylation sites is 1. The van der Waals surface area contributed by atoms with E-state index in [1.165, 1.54) is 55.2 Å². The van der Waals surface area contributed by atoms with E-state index in [1.54, 1.807) is 0 Å². The number of hydrogen-bond acceptors (Lipinski definition) is 3. The highest BCUT2D eigenvalue weighted by Crippen LogP contribution is 2.34. The summed E-state index contributed by atoms with van der Waals surface area (Å²) in [5.74, 6) is 1.84. The van der Waals surface area contributed by atoms with E-state index in [-0.39, 0.29) is 6.04 Å². The molecule has 1 saturated heterocycles. The summed E-state index contributed by atoms with van der Waals surface area (Å²) in [4.78, 5) is 7.47. The number of amidine groups is 1. The number of piperidine rings is 1. The van der Waals surface area contributed by atoms with Crippen molar-refractivity contribution >= 4 is 18.2 Å². The van der Waals surface area contributed by atoms with Gasteiger partial charge in [-0.25, -0.2) is 5.01 Å². The maximum Gasteiger partial charge on any atom is 0.146 e. The van der Waals surface area contributed by atoms with Crippen molar-refractivity contribution in [3.8, 4) is 0 Å². The van der Waals surface area contributed by atoms with Crippen LogP contribution in [0.1, 0.15) is 63.0 Å². The van der Waals surface area contributed by atoms with Crippen LogP contribution in [0.3, 0.4) is 0 Å². The lowest BCUT2D eigenvalue weighted by molar-refractivity contribution is 0.212. The van der Waals surface area contributed by atoms with Crippen LogP contribution in [0.25, 0.3) is 0 Å². The third kappa shape index (κ3) is 4.80. The second-order valence-corrected chi connectivity index (χ2v) is 8.60. The smallest absolute Gasteiger partial charge is 0.146 e. The summed E-state index contributed by atoms with van der Waals surface area (Å²) in [5.41, 5.74) is 5.06. The number of anilines is 1. The molecule has 1 aromatic carbocycles. The predicted octanol–water partition coefficient (Wildman–Crippen LogP) is 5.74. The molecule has 0 N–H and O–H groups in total. The molecule has 4 nitrogen and oxygen atoms in total. The van der Waals surface area contributed by atoms with E-state index in [1.807, 2.05) is 12.1 Å². The standard InChI is InChI=1S/C25H38N4/c1-6-21-13-15-22(16-14-21)24(28-17-8-7-9-18-28)25(26-4)29(27-5)23-19(2)11-10-12-20(23)3/h10-12,15,21,24H,5-9,13-14,16-18H2,1-4H3/b26-25-/t21-,24?/m1/s1. The fourth-order valence-electron chi connectivity index (χ4n) is 5.00. The van der Waals surface area contributed by atoms with Gasteiger partial charge in [-0.15, -0.1) is 0 Å². The highest BCUT2D eigenvalue weighted by molar-refractivity contribution is 6.04. The number of hydrogen-bond donors (Lipinski definition) is 0. The van der Waals surface area contributed by atoms with E-state index >= 15 is 0 Å².